The molecule has 0 fully saturated rings. The summed E-state index contributed by atoms with van der Waals surface area (Å²) in [5, 5.41) is 0. The molecule has 0 saturated heterocycles. The smallest absolute Gasteiger partial charge is 0.0134 e. The Morgan fingerprint density at radius 2 is 1.75 bits per heavy atom. The molecule has 16 heavy (non-hydrogen) atoms. The molecular formula is C15H17Zr. The van der Waals surface area contributed by atoms with E-state index >= 15 is 0 Å². The SMILES string of the molecule is CC(C)C1=C[CH]c2cc3c(cc21)CCC3.[Zr]. The van der Waals surface area contributed by atoms with Gasteiger partial charge in [0, 0.05) is 32.6 Å². The van der Waals surface area contributed by atoms with Crippen LogP contribution >= 0.6 is 0 Å². The Morgan fingerprint density at radius 3 is 2.44 bits per heavy atom. The van der Waals surface area contributed by atoms with Gasteiger partial charge in [-0.15, -0.1) is 0 Å². The molecule has 0 unspecified atom stereocenters. The molecule has 2 aliphatic carbocycles. The summed E-state index contributed by atoms with van der Waals surface area (Å²) in [6.07, 6.45) is 8.49. The van der Waals surface area contributed by atoms with E-state index in [4.69, 9.17) is 0 Å². The minimum Gasteiger partial charge on any atom is -0.0720 e. The number of hydrogen-bond acceptors (Lipinski definition) is 0. The zero-order valence-electron chi connectivity index (χ0n) is 10.0. The summed E-state index contributed by atoms with van der Waals surface area (Å²) in [6.45, 7) is 4.56. The predicted molar refractivity (Wildman–Crippen MR) is 64.7 cm³/mol. The quantitative estimate of drug-likeness (QED) is 0.738. The van der Waals surface area contributed by atoms with E-state index in [2.05, 4.69) is 38.5 Å². The molecule has 0 amide bonds. The third-order valence-corrected chi connectivity index (χ3v) is 3.64. The molecular weight excluding hydrogens is 271 g/mol. The molecule has 1 aromatic rings. The molecule has 0 nitrogen and oxygen atoms in total. The molecule has 0 aliphatic heterocycles. The van der Waals surface area contributed by atoms with E-state index in [1.54, 1.807) is 11.1 Å². The second-order valence-corrected chi connectivity index (χ2v) is 5.01. The van der Waals surface area contributed by atoms with Gasteiger partial charge in [-0.1, -0.05) is 32.1 Å². The molecule has 2 aliphatic rings. The fourth-order valence-electron chi connectivity index (χ4n) is 2.80. The Kier molecular flexibility index (Phi) is 3.54. The predicted octanol–water partition coefficient (Wildman–Crippen LogP) is 3.78. The van der Waals surface area contributed by atoms with Crippen molar-refractivity contribution in [3.8, 4) is 0 Å². The summed E-state index contributed by atoms with van der Waals surface area (Å²) in [7, 11) is 0. The number of hydrogen-bond donors (Lipinski definition) is 0. The van der Waals surface area contributed by atoms with Gasteiger partial charge in [0.05, 0.1) is 0 Å². The van der Waals surface area contributed by atoms with Crippen LogP contribution in [0.25, 0.3) is 5.57 Å². The third-order valence-electron chi connectivity index (χ3n) is 3.64. The van der Waals surface area contributed by atoms with E-state index in [9.17, 15) is 0 Å². The maximum Gasteiger partial charge on any atom is 0.0134 e. The minimum atomic E-state index is 0. The number of rotatable bonds is 1. The first kappa shape index (κ1) is 12.3. The summed E-state index contributed by atoms with van der Waals surface area (Å²) in [4.78, 5) is 0. The van der Waals surface area contributed by atoms with E-state index in [0.29, 0.717) is 5.92 Å². The van der Waals surface area contributed by atoms with Crippen LogP contribution in [-0.4, -0.2) is 0 Å². The maximum absolute atomic E-state index is 2.44. The van der Waals surface area contributed by atoms with Crippen LogP contribution < -0.4 is 0 Å². The Labute approximate surface area is 117 Å². The van der Waals surface area contributed by atoms with Gasteiger partial charge >= 0.3 is 0 Å². The van der Waals surface area contributed by atoms with Crippen molar-refractivity contribution < 1.29 is 26.2 Å². The van der Waals surface area contributed by atoms with E-state index in [-0.39, 0.29) is 26.2 Å². The third kappa shape index (κ3) is 1.88. The zero-order chi connectivity index (χ0) is 10.4. The second-order valence-electron chi connectivity index (χ2n) is 5.01. The van der Waals surface area contributed by atoms with Gasteiger partial charge in [0.1, 0.15) is 0 Å². The summed E-state index contributed by atoms with van der Waals surface area (Å²) in [6, 6.07) is 4.84. The van der Waals surface area contributed by atoms with Crippen LogP contribution in [0.4, 0.5) is 0 Å². The minimum absolute atomic E-state index is 0. The molecule has 1 heteroatoms. The topological polar surface area (TPSA) is 0 Å². The van der Waals surface area contributed by atoms with E-state index in [1.807, 2.05) is 0 Å². The van der Waals surface area contributed by atoms with Crippen molar-refractivity contribution in [1.82, 2.24) is 0 Å². The van der Waals surface area contributed by atoms with Crippen molar-refractivity contribution in [3.63, 3.8) is 0 Å². The molecule has 81 valence electrons. The van der Waals surface area contributed by atoms with E-state index in [0.717, 1.165) is 0 Å². The maximum atomic E-state index is 2.44. The molecule has 1 aromatic carbocycles. The largest absolute Gasteiger partial charge is 0.0720 e. The van der Waals surface area contributed by atoms with Gasteiger partial charge in [0.15, 0.2) is 0 Å². The van der Waals surface area contributed by atoms with Crippen LogP contribution in [0.1, 0.15) is 42.5 Å². The van der Waals surface area contributed by atoms with Crippen molar-refractivity contribution >= 4 is 5.57 Å². The zero-order valence-corrected chi connectivity index (χ0v) is 12.5. The van der Waals surface area contributed by atoms with Crippen LogP contribution in [0.15, 0.2) is 18.2 Å². The number of allylic oxidation sites excluding steroid dienone is 2. The molecule has 0 bridgehead atoms. The molecule has 0 N–H and O–H groups in total. The monoisotopic (exact) mass is 287 g/mol. The summed E-state index contributed by atoms with van der Waals surface area (Å²) in [5.41, 5.74) is 7.63. The molecule has 0 saturated carbocycles. The molecule has 3 rings (SSSR count). The first-order valence-corrected chi connectivity index (χ1v) is 5.97. The normalized spacial score (nSPS) is 16.8. The van der Waals surface area contributed by atoms with E-state index in [1.165, 1.54) is 36.0 Å². The Morgan fingerprint density at radius 1 is 1.06 bits per heavy atom. The Hall–Kier alpha value is -0.157. The Balaban J connectivity index is 0.000000963. The fourth-order valence-corrected chi connectivity index (χ4v) is 2.80. The Bertz CT molecular complexity index is 441. The second kappa shape index (κ2) is 4.61. The summed E-state index contributed by atoms with van der Waals surface area (Å²) < 4.78 is 0. The van der Waals surface area contributed by atoms with Crippen molar-refractivity contribution in [2.45, 2.75) is 33.1 Å². The first-order chi connectivity index (χ1) is 7.25. The van der Waals surface area contributed by atoms with Gasteiger partial charge < -0.3 is 0 Å². The van der Waals surface area contributed by atoms with Crippen LogP contribution in [0.5, 0.6) is 0 Å². The van der Waals surface area contributed by atoms with Crippen LogP contribution in [0, 0.1) is 12.3 Å². The molecule has 0 spiro atoms. The van der Waals surface area contributed by atoms with Crippen molar-refractivity contribution in [1.29, 1.82) is 0 Å². The number of fused-ring (bicyclic) bond motifs is 2. The van der Waals surface area contributed by atoms with Gasteiger partial charge in [-0.05, 0) is 53.0 Å². The van der Waals surface area contributed by atoms with Crippen molar-refractivity contribution in [2.75, 3.05) is 0 Å². The molecule has 1 radical (unpaired) electrons. The standard InChI is InChI=1S/C15H17.Zr/c1-10(2)14-7-6-13-8-11-4-3-5-12(11)9-15(13)14;/h6-10H,3-5H2,1-2H3;. The summed E-state index contributed by atoms with van der Waals surface area (Å²) in [5.74, 6) is 0.641. The van der Waals surface area contributed by atoms with E-state index < -0.39 is 0 Å². The summed E-state index contributed by atoms with van der Waals surface area (Å²) >= 11 is 0. The van der Waals surface area contributed by atoms with Crippen LogP contribution in [-0.2, 0) is 39.0 Å². The molecule has 0 atom stereocenters. The van der Waals surface area contributed by atoms with Gasteiger partial charge in [-0.3, -0.25) is 0 Å². The van der Waals surface area contributed by atoms with Gasteiger partial charge in [0.2, 0.25) is 0 Å². The molecule has 0 heterocycles. The van der Waals surface area contributed by atoms with Crippen molar-refractivity contribution in [3.05, 3.63) is 46.9 Å². The van der Waals surface area contributed by atoms with Crippen molar-refractivity contribution in [2.24, 2.45) is 5.92 Å². The van der Waals surface area contributed by atoms with Gasteiger partial charge in [-0.2, -0.15) is 0 Å². The average molecular weight is 289 g/mol. The van der Waals surface area contributed by atoms with Gasteiger partial charge in [-0.25, -0.2) is 0 Å². The molecule has 0 aromatic heterocycles. The average Bonchev–Trinajstić information content (AvgIpc) is 2.77. The fraction of sp³-hybridized carbons (Fsp3) is 0.400. The number of benzene rings is 1. The first-order valence-electron chi connectivity index (χ1n) is 5.97. The van der Waals surface area contributed by atoms with Crippen LogP contribution in [0.3, 0.4) is 0 Å². The van der Waals surface area contributed by atoms with Crippen LogP contribution in [0.2, 0.25) is 0 Å². The number of aryl methyl sites for hydroxylation is 2. The van der Waals surface area contributed by atoms with Gasteiger partial charge in [0.25, 0.3) is 0 Å².